The van der Waals surface area contributed by atoms with Crippen LogP contribution in [-0.2, 0) is 6.42 Å². The monoisotopic (exact) mass is 259 g/mol. The number of rotatable bonds is 5. The molecule has 2 rings (SSSR count). The van der Waals surface area contributed by atoms with Crippen molar-refractivity contribution in [1.29, 1.82) is 0 Å². The number of aromatic nitrogens is 2. The van der Waals surface area contributed by atoms with Gasteiger partial charge in [-0.2, -0.15) is 0 Å². The van der Waals surface area contributed by atoms with Crippen molar-refractivity contribution < 1.29 is 9.90 Å². The zero-order valence-corrected chi connectivity index (χ0v) is 10.9. The maximum Gasteiger partial charge on any atom is 0.358 e. The smallest absolute Gasteiger partial charge is 0.358 e. The lowest BCUT2D eigenvalue weighted by molar-refractivity contribution is 0.0691. The predicted octanol–water partition coefficient (Wildman–Crippen LogP) is 2.64. The Labute approximate surface area is 111 Å². The molecule has 0 spiro atoms. The molecule has 1 aromatic carbocycles. The average molecular weight is 259 g/mol. The van der Waals surface area contributed by atoms with Gasteiger partial charge in [0.2, 0.25) is 0 Å². The Hall–Kier alpha value is -2.17. The standard InChI is InChI=1S/C14H17N3O2/c1-2-3-4-6-9-7-5-8-10-11(15)13(14(18)19)17-16-12(9)10/h5,7-8H,2-4,6H2,1H3,(H2,15,16)(H,18,19). The molecule has 3 N–H and O–H groups in total. The Morgan fingerprint density at radius 1 is 1.32 bits per heavy atom. The third-order valence-corrected chi connectivity index (χ3v) is 3.17. The number of aromatic carboxylic acids is 1. The second-order valence-corrected chi connectivity index (χ2v) is 4.54. The fourth-order valence-electron chi connectivity index (χ4n) is 2.13. The highest BCUT2D eigenvalue weighted by Gasteiger charge is 2.15. The van der Waals surface area contributed by atoms with E-state index in [1.165, 1.54) is 0 Å². The number of nitrogens with two attached hydrogens (primary N) is 1. The highest BCUT2D eigenvalue weighted by molar-refractivity contribution is 6.02. The first-order valence-corrected chi connectivity index (χ1v) is 6.42. The number of fused-ring (bicyclic) bond motifs is 1. The SMILES string of the molecule is CCCCCc1cccc2c(N)c(C(=O)O)nnc12. The highest BCUT2D eigenvalue weighted by atomic mass is 16.4. The van der Waals surface area contributed by atoms with Gasteiger partial charge < -0.3 is 10.8 Å². The van der Waals surface area contributed by atoms with Crippen molar-refractivity contribution in [3.63, 3.8) is 0 Å². The van der Waals surface area contributed by atoms with Crippen LogP contribution in [0.25, 0.3) is 10.9 Å². The van der Waals surface area contributed by atoms with E-state index in [-0.39, 0.29) is 11.4 Å². The van der Waals surface area contributed by atoms with Crippen molar-refractivity contribution >= 4 is 22.6 Å². The summed E-state index contributed by atoms with van der Waals surface area (Å²) >= 11 is 0. The molecule has 0 fully saturated rings. The molecule has 0 amide bonds. The Morgan fingerprint density at radius 3 is 2.79 bits per heavy atom. The Bertz CT molecular complexity index is 611. The van der Waals surface area contributed by atoms with Gasteiger partial charge in [0.05, 0.1) is 11.2 Å². The summed E-state index contributed by atoms with van der Waals surface area (Å²) in [5.41, 5.74) is 7.65. The summed E-state index contributed by atoms with van der Waals surface area (Å²) in [7, 11) is 0. The first kappa shape index (κ1) is 13.3. The molecule has 0 aliphatic rings. The van der Waals surface area contributed by atoms with Crippen LogP contribution in [0.1, 0.15) is 42.2 Å². The molecule has 0 atom stereocenters. The summed E-state index contributed by atoms with van der Waals surface area (Å²) in [6, 6.07) is 5.66. The molecule has 0 aliphatic heterocycles. The lowest BCUT2D eigenvalue weighted by Gasteiger charge is -2.08. The van der Waals surface area contributed by atoms with Crippen LogP contribution in [0.5, 0.6) is 0 Å². The van der Waals surface area contributed by atoms with E-state index >= 15 is 0 Å². The van der Waals surface area contributed by atoms with Gasteiger partial charge >= 0.3 is 5.97 Å². The number of hydrogen-bond donors (Lipinski definition) is 2. The molecule has 0 unspecified atom stereocenters. The predicted molar refractivity (Wildman–Crippen MR) is 74.1 cm³/mol. The number of nitrogens with zero attached hydrogens (tertiary/aromatic N) is 2. The molecule has 2 aromatic rings. The minimum absolute atomic E-state index is 0.182. The van der Waals surface area contributed by atoms with E-state index in [4.69, 9.17) is 10.8 Å². The van der Waals surface area contributed by atoms with E-state index in [0.717, 1.165) is 31.2 Å². The normalized spacial score (nSPS) is 10.8. The number of unbranched alkanes of at least 4 members (excludes halogenated alkanes) is 2. The van der Waals surface area contributed by atoms with Crippen LogP contribution >= 0.6 is 0 Å². The molecule has 100 valence electrons. The van der Waals surface area contributed by atoms with Crippen molar-refractivity contribution in [3.8, 4) is 0 Å². The minimum Gasteiger partial charge on any atom is -0.476 e. The number of carboxylic acid groups (broad SMARTS) is 1. The van der Waals surface area contributed by atoms with Crippen LogP contribution in [0.4, 0.5) is 5.69 Å². The number of aryl methyl sites for hydroxylation is 1. The molecule has 5 nitrogen and oxygen atoms in total. The van der Waals surface area contributed by atoms with E-state index in [9.17, 15) is 4.79 Å². The molecule has 0 bridgehead atoms. The molecular formula is C14H17N3O2. The fraction of sp³-hybridized carbons (Fsp3) is 0.357. The quantitative estimate of drug-likeness (QED) is 0.806. The summed E-state index contributed by atoms with van der Waals surface area (Å²) in [4.78, 5) is 11.0. The van der Waals surface area contributed by atoms with Gasteiger partial charge in [-0.1, -0.05) is 38.0 Å². The van der Waals surface area contributed by atoms with Gasteiger partial charge in [0.15, 0.2) is 5.69 Å². The van der Waals surface area contributed by atoms with E-state index in [0.29, 0.717) is 10.9 Å². The van der Waals surface area contributed by atoms with Gasteiger partial charge in [-0.3, -0.25) is 0 Å². The lowest BCUT2D eigenvalue weighted by atomic mass is 10.0. The number of anilines is 1. The number of carboxylic acids is 1. The van der Waals surface area contributed by atoms with Crippen LogP contribution in [0.3, 0.4) is 0 Å². The molecule has 0 saturated heterocycles. The second kappa shape index (κ2) is 5.65. The van der Waals surface area contributed by atoms with Crippen molar-refractivity contribution in [3.05, 3.63) is 29.5 Å². The first-order valence-electron chi connectivity index (χ1n) is 6.42. The topological polar surface area (TPSA) is 89.1 Å². The van der Waals surface area contributed by atoms with Crippen LogP contribution < -0.4 is 5.73 Å². The third kappa shape index (κ3) is 2.65. The summed E-state index contributed by atoms with van der Waals surface area (Å²) in [5.74, 6) is -1.15. The number of nitrogen functional groups attached to an aromatic ring is 1. The Balaban J connectivity index is 2.46. The fourth-order valence-corrected chi connectivity index (χ4v) is 2.13. The maximum atomic E-state index is 11.0. The highest BCUT2D eigenvalue weighted by Crippen LogP contribution is 2.25. The summed E-state index contributed by atoms with van der Waals surface area (Å²) in [6.07, 6.45) is 4.30. The lowest BCUT2D eigenvalue weighted by Crippen LogP contribution is -2.08. The van der Waals surface area contributed by atoms with Crippen molar-refractivity contribution in [2.75, 3.05) is 5.73 Å². The van der Waals surface area contributed by atoms with Crippen LogP contribution in [0.15, 0.2) is 18.2 Å². The van der Waals surface area contributed by atoms with Gasteiger partial charge in [-0.15, -0.1) is 10.2 Å². The van der Waals surface area contributed by atoms with Gasteiger partial charge in [0.25, 0.3) is 0 Å². The van der Waals surface area contributed by atoms with E-state index in [1.807, 2.05) is 12.1 Å². The van der Waals surface area contributed by atoms with E-state index in [2.05, 4.69) is 17.1 Å². The molecule has 5 heteroatoms. The third-order valence-electron chi connectivity index (χ3n) is 3.17. The van der Waals surface area contributed by atoms with Crippen molar-refractivity contribution in [1.82, 2.24) is 10.2 Å². The van der Waals surface area contributed by atoms with E-state index in [1.54, 1.807) is 6.07 Å². The van der Waals surface area contributed by atoms with Gasteiger partial charge in [-0.05, 0) is 18.4 Å². The summed E-state index contributed by atoms with van der Waals surface area (Å²) in [6.45, 7) is 2.15. The molecule has 0 radical (unpaired) electrons. The van der Waals surface area contributed by atoms with Crippen molar-refractivity contribution in [2.24, 2.45) is 0 Å². The largest absolute Gasteiger partial charge is 0.476 e. The zero-order valence-electron chi connectivity index (χ0n) is 10.9. The molecule has 1 heterocycles. The summed E-state index contributed by atoms with van der Waals surface area (Å²) < 4.78 is 0. The molecule has 0 saturated carbocycles. The van der Waals surface area contributed by atoms with Crippen LogP contribution in [0.2, 0.25) is 0 Å². The molecule has 0 aliphatic carbocycles. The number of hydrogen-bond acceptors (Lipinski definition) is 4. The van der Waals surface area contributed by atoms with Crippen molar-refractivity contribution in [2.45, 2.75) is 32.6 Å². The Kier molecular flexibility index (Phi) is 3.94. The molecule has 1 aromatic heterocycles. The van der Waals surface area contributed by atoms with Gasteiger partial charge in [-0.25, -0.2) is 4.79 Å². The Morgan fingerprint density at radius 2 is 2.11 bits per heavy atom. The maximum absolute atomic E-state index is 11.0. The number of benzene rings is 1. The zero-order chi connectivity index (χ0) is 13.8. The number of carbonyl (C=O) groups is 1. The van der Waals surface area contributed by atoms with Crippen LogP contribution in [0, 0.1) is 0 Å². The molecule has 19 heavy (non-hydrogen) atoms. The minimum atomic E-state index is -1.15. The second-order valence-electron chi connectivity index (χ2n) is 4.54. The summed E-state index contributed by atoms with van der Waals surface area (Å²) in [5, 5.41) is 17.4. The van der Waals surface area contributed by atoms with E-state index < -0.39 is 5.97 Å². The first-order chi connectivity index (χ1) is 9.15. The average Bonchev–Trinajstić information content (AvgIpc) is 2.39. The molecular weight excluding hydrogens is 242 g/mol. The van der Waals surface area contributed by atoms with Crippen LogP contribution in [-0.4, -0.2) is 21.3 Å². The van der Waals surface area contributed by atoms with Gasteiger partial charge in [0, 0.05) is 5.39 Å². The van der Waals surface area contributed by atoms with Gasteiger partial charge in [0.1, 0.15) is 0 Å².